The second kappa shape index (κ2) is 9.94. The molecule has 0 aliphatic heterocycles. The average molecular weight is 376 g/mol. The van der Waals surface area contributed by atoms with Crippen molar-refractivity contribution in [2.75, 3.05) is 20.3 Å². The Balaban J connectivity index is 1.69. The number of amides is 2. The molecule has 0 radical (unpaired) electrons. The Kier molecular flexibility index (Phi) is 7.64. The summed E-state index contributed by atoms with van der Waals surface area (Å²) in [5.74, 6) is 0.248. The van der Waals surface area contributed by atoms with Crippen molar-refractivity contribution in [1.29, 1.82) is 0 Å². The number of ether oxygens (including phenoxy) is 2. The Morgan fingerprint density at radius 1 is 1.11 bits per heavy atom. The third kappa shape index (κ3) is 6.27. The van der Waals surface area contributed by atoms with E-state index in [-0.39, 0.29) is 25.1 Å². The van der Waals surface area contributed by atoms with Crippen molar-refractivity contribution in [3.05, 3.63) is 29.8 Å². The standard InChI is InChI=1S/C20H28N2O5/c1-13-5-4-6-17(14(13)2)22-18(23)12-27-19(24)11-21-20(25)15-7-9-16(26-3)10-8-15/h7-10,13-14,17H,4-6,11-12H2,1-3H3,(H,21,25)(H,22,23)/t13-,14-,17-/m1/s1. The van der Waals surface area contributed by atoms with Crippen LogP contribution in [-0.2, 0) is 14.3 Å². The molecule has 7 nitrogen and oxygen atoms in total. The maximum absolute atomic E-state index is 12.0. The van der Waals surface area contributed by atoms with Crippen LogP contribution in [0.3, 0.4) is 0 Å². The zero-order valence-electron chi connectivity index (χ0n) is 16.1. The molecule has 0 unspecified atom stereocenters. The lowest BCUT2D eigenvalue weighted by Gasteiger charge is -2.34. The number of rotatable bonds is 7. The first kappa shape index (κ1) is 20.7. The molecule has 3 atom stereocenters. The maximum Gasteiger partial charge on any atom is 0.325 e. The predicted molar refractivity (Wildman–Crippen MR) is 100 cm³/mol. The fourth-order valence-electron chi connectivity index (χ4n) is 3.23. The molecule has 1 saturated carbocycles. The summed E-state index contributed by atoms with van der Waals surface area (Å²) in [7, 11) is 1.54. The highest BCUT2D eigenvalue weighted by Crippen LogP contribution is 2.29. The summed E-state index contributed by atoms with van der Waals surface area (Å²) in [6, 6.07) is 6.63. The summed E-state index contributed by atoms with van der Waals surface area (Å²) in [5, 5.41) is 5.41. The Morgan fingerprint density at radius 2 is 1.81 bits per heavy atom. The minimum absolute atomic E-state index is 0.120. The Labute approximate surface area is 159 Å². The molecule has 1 aromatic rings. The summed E-state index contributed by atoms with van der Waals surface area (Å²) in [6.07, 6.45) is 3.22. The molecule has 2 rings (SSSR count). The lowest BCUT2D eigenvalue weighted by molar-refractivity contribution is -0.147. The van der Waals surface area contributed by atoms with Crippen LogP contribution < -0.4 is 15.4 Å². The van der Waals surface area contributed by atoms with Crippen LogP contribution in [-0.4, -0.2) is 44.1 Å². The first-order valence-corrected chi connectivity index (χ1v) is 9.28. The van der Waals surface area contributed by atoms with Gasteiger partial charge in [0.25, 0.3) is 11.8 Å². The second-order valence-electron chi connectivity index (χ2n) is 7.01. The molecule has 1 aliphatic carbocycles. The van der Waals surface area contributed by atoms with Crippen LogP contribution in [0.15, 0.2) is 24.3 Å². The Hall–Kier alpha value is -2.57. The van der Waals surface area contributed by atoms with E-state index in [4.69, 9.17) is 9.47 Å². The van der Waals surface area contributed by atoms with Gasteiger partial charge in [0, 0.05) is 11.6 Å². The smallest absolute Gasteiger partial charge is 0.325 e. The van der Waals surface area contributed by atoms with Crippen LogP contribution in [0.5, 0.6) is 5.75 Å². The van der Waals surface area contributed by atoms with Crippen molar-refractivity contribution in [3.8, 4) is 5.75 Å². The molecule has 2 amide bonds. The molecule has 1 aliphatic rings. The number of carbonyl (C=O) groups is 3. The predicted octanol–water partition coefficient (Wildman–Crippen LogP) is 1.91. The first-order chi connectivity index (χ1) is 12.9. The van der Waals surface area contributed by atoms with Crippen LogP contribution >= 0.6 is 0 Å². The third-order valence-corrected chi connectivity index (χ3v) is 5.16. The first-order valence-electron chi connectivity index (χ1n) is 9.28. The molecule has 0 heterocycles. The molecular formula is C20H28N2O5. The molecule has 1 aromatic carbocycles. The SMILES string of the molecule is COc1ccc(C(=O)NCC(=O)OCC(=O)N[C@@H]2CCC[C@@H](C)[C@H]2C)cc1. The van der Waals surface area contributed by atoms with Gasteiger partial charge >= 0.3 is 5.97 Å². The highest BCUT2D eigenvalue weighted by atomic mass is 16.5. The zero-order valence-corrected chi connectivity index (χ0v) is 16.1. The molecule has 0 saturated heterocycles. The summed E-state index contributed by atoms with van der Waals surface area (Å²) in [5.41, 5.74) is 0.404. The zero-order chi connectivity index (χ0) is 19.8. The van der Waals surface area contributed by atoms with E-state index in [0.29, 0.717) is 23.1 Å². The molecule has 0 bridgehead atoms. The fourth-order valence-corrected chi connectivity index (χ4v) is 3.23. The Morgan fingerprint density at radius 3 is 2.48 bits per heavy atom. The molecule has 27 heavy (non-hydrogen) atoms. The van der Waals surface area contributed by atoms with Gasteiger partial charge in [-0.15, -0.1) is 0 Å². The minimum atomic E-state index is -0.655. The molecular weight excluding hydrogens is 348 g/mol. The van der Waals surface area contributed by atoms with Gasteiger partial charge in [0.2, 0.25) is 0 Å². The minimum Gasteiger partial charge on any atom is -0.497 e. The van der Waals surface area contributed by atoms with E-state index in [1.807, 2.05) is 0 Å². The van der Waals surface area contributed by atoms with Crippen LogP contribution in [0.25, 0.3) is 0 Å². The second-order valence-corrected chi connectivity index (χ2v) is 7.01. The number of esters is 1. The number of carbonyl (C=O) groups excluding carboxylic acids is 3. The van der Waals surface area contributed by atoms with Crippen molar-refractivity contribution in [3.63, 3.8) is 0 Å². The van der Waals surface area contributed by atoms with Gasteiger partial charge in [-0.3, -0.25) is 14.4 Å². The summed E-state index contributed by atoms with van der Waals surface area (Å²) in [4.78, 5) is 35.7. The van der Waals surface area contributed by atoms with E-state index in [0.717, 1.165) is 12.8 Å². The molecule has 7 heteroatoms. The topological polar surface area (TPSA) is 93.7 Å². The number of benzene rings is 1. The third-order valence-electron chi connectivity index (χ3n) is 5.16. The highest BCUT2D eigenvalue weighted by Gasteiger charge is 2.28. The van der Waals surface area contributed by atoms with Crippen molar-refractivity contribution < 1.29 is 23.9 Å². The van der Waals surface area contributed by atoms with Crippen LogP contribution in [0.1, 0.15) is 43.5 Å². The van der Waals surface area contributed by atoms with E-state index in [1.165, 1.54) is 13.5 Å². The summed E-state index contributed by atoms with van der Waals surface area (Å²) in [6.45, 7) is 3.69. The lowest BCUT2D eigenvalue weighted by Crippen LogP contribution is -2.45. The van der Waals surface area contributed by atoms with Gasteiger partial charge in [0.1, 0.15) is 12.3 Å². The van der Waals surface area contributed by atoms with E-state index >= 15 is 0 Å². The number of hydrogen-bond donors (Lipinski definition) is 2. The molecule has 0 spiro atoms. The molecule has 148 valence electrons. The number of hydrogen-bond acceptors (Lipinski definition) is 5. The van der Waals surface area contributed by atoms with Crippen molar-refractivity contribution >= 4 is 17.8 Å². The number of methoxy groups -OCH3 is 1. The monoisotopic (exact) mass is 376 g/mol. The maximum atomic E-state index is 12.0. The molecule has 0 aromatic heterocycles. The van der Waals surface area contributed by atoms with Gasteiger partial charge in [0.15, 0.2) is 6.61 Å². The van der Waals surface area contributed by atoms with Crippen LogP contribution in [0.2, 0.25) is 0 Å². The molecule has 1 fully saturated rings. The highest BCUT2D eigenvalue weighted by molar-refractivity contribution is 5.96. The molecule has 2 N–H and O–H groups in total. The van der Waals surface area contributed by atoms with Gasteiger partial charge in [-0.25, -0.2) is 0 Å². The van der Waals surface area contributed by atoms with Gasteiger partial charge < -0.3 is 20.1 Å². The lowest BCUT2D eigenvalue weighted by atomic mass is 9.78. The van der Waals surface area contributed by atoms with Crippen molar-refractivity contribution in [1.82, 2.24) is 10.6 Å². The number of nitrogens with one attached hydrogen (secondary N) is 2. The van der Waals surface area contributed by atoms with Crippen molar-refractivity contribution in [2.45, 2.75) is 39.2 Å². The summed E-state index contributed by atoms with van der Waals surface area (Å²) < 4.78 is 9.97. The average Bonchev–Trinajstić information content (AvgIpc) is 2.68. The Bertz CT molecular complexity index is 659. The van der Waals surface area contributed by atoms with Gasteiger partial charge in [-0.1, -0.05) is 26.7 Å². The quantitative estimate of drug-likeness (QED) is 0.709. The van der Waals surface area contributed by atoms with E-state index in [2.05, 4.69) is 24.5 Å². The van der Waals surface area contributed by atoms with Crippen LogP contribution in [0, 0.1) is 11.8 Å². The van der Waals surface area contributed by atoms with Crippen LogP contribution in [0.4, 0.5) is 0 Å². The summed E-state index contributed by atoms with van der Waals surface area (Å²) >= 11 is 0. The van der Waals surface area contributed by atoms with E-state index < -0.39 is 11.9 Å². The fraction of sp³-hybridized carbons (Fsp3) is 0.550. The van der Waals surface area contributed by atoms with Gasteiger partial charge in [-0.05, 0) is 42.5 Å². The van der Waals surface area contributed by atoms with E-state index in [9.17, 15) is 14.4 Å². The largest absolute Gasteiger partial charge is 0.497 e. The van der Waals surface area contributed by atoms with Crippen molar-refractivity contribution in [2.24, 2.45) is 11.8 Å². The van der Waals surface area contributed by atoms with Gasteiger partial charge in [0.05, 0.1) is 7.11 Å². The normalized spacial score (nSPS) is 21.8. The van der Waals surface area contributed by atoms with Gasteiger partial charge in [-0.2, -0.15) is 0 Å². The van der Waals surface area contributed by atoms with E-state index in [1.54, 1.807) is 24.3 Å².